The van der Waals surface area contributed by atoms with Gasteiger partial charge in [0.2, 0.25) is 0 Å². The number of aromatic amines is 2. The molecule has 0 atom stereocenters. The van der Waals surface area contributed by atoms with Gasteiger partial charge in [-0.3, -0.25) is 14.6 Å². The molecule has 4 heterocycles. The van der Waals surface area contributed by atoms with Crippen molar-refractivity contribution < 1.29 is 4.79 Å². The first-order chi connectivity index (χ1) is 13.7. The number of hydrogen-bond acceptors (Lipinski definition) is 5. The monoisotopic (exact) mass is 372 g/mol. The summed E-state index contributed by atoms with van der Waals surface area (Å²) in [6, 6.07) is 10.8. The molecule has 8 heteroatoms. The van der Waals surface area contributed by atoms with Crippen LogP contribution >= 0.6 is 0 Å². The highest BCUT2D eigenvalue weighted by Gasteiger charge is 2.25. The summed E-state index contributed by atoms with van der Waals surface area (Å²) in [5.41, 5.74) is 3.88. The molecule has 4 aromatic rings. The van der Waals surface area contributed by atoms with E-state index in [0.717, 1.165) is 11.0 Å². The van der Waals surface area contributed by atoms with E-state index in [1.165, 1.54) is 0 Å². The van der Waals surface area contributed by atoms with E-state index >= 15 is 0 Å². The molecule has 138 valence electrons. The van der Waals surface area contributed by atoms with Gasteiger partial charge in [-0.15, -0.1) is 0 Å². The van der Waals surface area contributed by atoms with Crippen molar-refractivity contribution in [2.45, 2.75) is 13.0 Å². The minimum Gasteiger partial charge on any atom is -0.345 e. The number of carbonyl (C=O) groups excluding carboxylic acids is 1. The zero-order valence-corrected chi connectivity index (χ0v) is 14.8. The van der Waals surface area contributed by atoms with Crippen molar-refractivity contribution in [3.05, 3.63) is 76.1 Å². The highest BCUT2D eigenvalue weighted by molar-refractivity contribution is 5.97. The fraction of sp³-hybridized carbons (Fsp3) is 0.150. The fourth-order valence-electron chi connectivity index (χ4n) is 3.49. The summed E-state index contributed by atoms with van der Waals surface area (Å²) in [7, 11) is 0. The summed E-state index contributed by atoms with van der Waals surface area (Å²) in [6.07, 6.45) is 3.72. The van der Waals surface area contributed by atoms with Crippen molar-refractivity contribution in [1.82, 2.24) is 29.8 Å². The molecule has 0 saturated heterocycles. The van der Waals surface area contributed by atoms with E-state index in [-0.39, 0.29) is 11.5 Å². The van der Waals surface area contributed by atoms with Gasteiger partial charge < -0.3 is 14.9 Å². The average Bonchev–Trinajstić information content (AvgIpc) is 3.21. The molecule has 0 fully saturated rings. The number of nitrogens with one attached hydrogen (secondary N) is 2. The van der Waals surface area contributed by atoms with Crippen molar-refractivity contribution in [2.75, 3.05) is 6.54 Å². The Morgan fingerprint density at radius 1 is 1.14 bits per heavy atom. The Hall–Kier alpha value is -3.81. The first kappa shape index (κ1) is 16.4. The molecule has 8 nitrogen and oxygen atoms in total. The van der Waals surface area contributed by atoms with Gasteiger partial charge in [0.05, 0.1) is 29.6 Å². The van der Waals surface area contributed by atoms with Crippen LogP contribution in [0.15, 0.2) is 53.7 Å². The van der Waals surface area contributed by atoms with E-state index in [1.54, 1.807) is 41.7 Å². The molecule has 3 aromatic heterocycles. The van der Waals surface area contributed by atoms with E-state index in [0.29, 0.717) is 47.8 Å². The Labute approximate surface area is 159 Å². The number of aromatic nitrogens is 5. The topological polar surface area (TPSA) is 108 Å². The van der Waals surface area contributed by atoms with Crippen LogP contribution in [0.25, 0.3) is 22.6 Å². The number of carbonyl (C=O) groups is 1. The average molecular weight is 372 g/mol. The van der Waals surface area contributed by atoms with Crippen LogP contribution in [0.3, 0.4) is 0 Å². The summed E-state index contributed by atoms with van der Waals surface area (Å²) < 4.78 is 0. The van der Waals surface area contributed by atoms with E-state index in [9.17, 15) is 9.59 Å². The van der Waals surface area contributed by atoms with Crippen molar-refractivity contribution in [2.24, 2.45) is 0 Å². The number of nitrogens with zero attached hydrogens (tertiary/aromatic N) is 4. The van der Waals surface area contributed by atoms with Gasteiger partial charge in [-0.25, -0.2) is 9.97 Å². The van der Waals surface area contributed by atoms with Gasteiger partial charge in [0.15, 0.2) is 5.82 Å². The van der Waals surface area contributed by atoms with Crippen molar-refractivity contribution in [1.29, 1.82) is 0 Å². The largest absolute Gasteiger partial charge is 0.345 e. The molecule has 1 aliphatic heterocycles. The number of fused-ring (bicyclic) bond motifs is 2. The van der Waals surface area contributed by atoms with Crippen LogP contribution in [-0.2, 0) is 13.0 Å². The molecule has 1 amide bonds. The number of pyridine rings is 1. The molecule has 0 spiro atoms. The van der Waals surface area contributed by atoms with Crippen molar-refractivity contribution >= 4 is 16.9 Å². The molecule has 28 heavy (non-hydrogen) atoms. The highest BCUT2D eigenvalue weighted by Crippen LogP contribution is 2.20. The fourth-order valence-corrected chi connectivity index (χ4v) is 3.49. The van der Waals surface area contributed by atoms with Gasteiger partial charge in [0.1, 0.15) is 5.69 Å². The lowest BCUT2D eigenvalue weighted by atomic mass is 10.0. The minimum absolute atomic E-state index is 0.0939. The quantitative estimate of drug-likeness (QED) is 0.559. The van der Waals surface area contributed by atoms with Crippen molar-refractivity contribution in [3.8, 4) is 11.5 Å². The second-order valence-corrected chi connectivity index (χ2v) is 6.67. The second-order valence-electron chi connectivity index (χ2n) is 6.67. The molecule has 0 saturated carbocycles. The van der Waals surface area contributed by atoms with E-state index in [4.69, 9.17) is 0 Å². The highest BCUT2D eigenvalue weighted by atomic mass is 16.2. The third kappa shape index (κ3) is 2.75. The van der Waals surface area contributed by atoms with Crippen LogP contribution in [0.5, 0.6) is 0 Å². The van der Waals surface area contributed by atoms with Gasteiger partial charge in [-0.2, -0.15) is 0 Å². The van der Waals surface area contributed by atoms with Crippen LogP contribution in [0, 0.1) is 0 Å². The predicted octanol–water partition coefficient (Wildman–Crippen LogP) is 1.91. The first-order valence-corrected chi connectivity index (χ1v) is 8.95. The SMILES string of the molecule is O=C(c1ccc2nc[nH]c2c1)N1CCc2c(nc(-c3ccccn3)[nH]c2=O)C1. The van der Waals surface area contributed by atoms with Gasteiger partial charge >= 0.3 is 0 Å². The standard InChI is InChI=1S/C20H16N6O2/c27-19-13-6-8-26(20(28)12-4-5-14-16(9-12)23-11-22-14)10-17(13)24-18(25-19)15-3-1-2-7-21-15/h1-5,7,9,11H,6,8,10H2,(H,22,23)(H,24,25,27). The number of hydrogen-bond donors (Lipinski definition) is 2. The molecule has 0 unspecified atom stereocenters. The van der Waals surface area contributed by atoms with Crippen molar-refractivity contribution in [3.63, 3.8) is 0 Å². The maximum atomic E-state index is 13.0. The molecule has 2 N–H and O–H groups in total. The Bertz CT molecular complexity index is 1240. The molecule has 1 aromatic carbocycles. The van der Waals surface area contributed by atoms with Gasteiger partial charge in [-0.1, -0.05) is 6.07 Å². The molecular formula is C20H16N6O2. The smallest absolute Gasteiger partial charge is 0.254 e. The molecule has 0 bridgehead atoms. The van der Waals surface area contributed by atoms with Crippen LogP contribution in [0.2, 0.25) is 0 Å². The molecule has 0 radical (unpaired) electrons. The van der Waals surface area contributed by atoms with E-state index in [1.807, 2.05) is 12.1 Å². The van der Waals surface area contributed by atoms with Crippen LogP contribution in [0.1, 0.15) is 21.6 Å². The van der Waals surface area contributed by atoms with Crippen LogP contribution in [-0.4, -0.2) is 42.3 Å². The van der Waals surface area contributed by atoms with E-state index in [2.05, 4.69) is 24.9 Å². The third-order valence-corrected chi connectivity index (χ3v) is 4.94. The zero-order chi connectivity index (χ0) is 19.1. The molecule has 1 aliphatic rings. The Kier molecular flexibility index (Phi) is 3.75. The van der Waals surface area contributed by atoms with E-state index < -0.39 is 0 Å². The predicted molar refractivity (Wildman–Crippen MR) is 103 cm³/mol. The Balaban J connectivity index is 1.47. The summed E-state index contributed by atoms with van der Waals surface area (Å²) >= 11 is 0. The normalized spacial score (nSPS) is 13.5. The maximum absolute atomic E-state index is 13.0. The number of H-pyrrole nitrogens is 2. The van der Waals surface area contributed by atoms with Gasteiger partial charge in [0, 0.05) is 23.9 Å². The third-order valence-electron chi connectivity index (χ3n) is 4.94. The molecule has 5 rings (SSSR count). The first-order valence-electron chi connectivity index (χ1n) is 8.95. The number of imidazole rings is 1. The lowest BCUT2D eigenvalue weighted by molar-refractivity contribution is 0.0731. The number of amides is 1. The maximum Gasteiger partial charge on any atom is 0.254 e. The molecule has 0 aliphatic carbocycles. The Morgan fingerprint density at radius 2 is 2.07 bits per heavy atom. The molecular weight excluding hydrogens is 356 g/mol. The lowest BCUT2D eigenvalue weighted by Crippen LogP contribution is -2.39. The summed E-state index contributed by atoms with van der Waals surface area (Å²) in [4.78, 5) is 46.0. The second kappa shape index (κ2) is 6.41. The minimum atomic E-state index is -0.170. The van der Waals surface area contributed by atoms with Gasteiger partial charge in [-0.05, 0) is 36.8 Å². The lowest BCUT2D eigenvalue weighted by Gasteiger charge is -2.28. The summed E-state index contributed by atoms with van der Waals surface area (Å²) in [5.74, 6) is 0.321. The summed E-state index contributed by atoms with van der Waals surface area (Å²) in [6.45, 7) is 0.763. The van der Waals surface area contributed by atoms with Crippen LogP contribution < -0.4 is 5.56 Å². The Morgan fingerprint density at radius 3 is 2.93 bits per heavy atom. The number of rotatable bonds is 2. The number of benzene rings is 1. The zero-order valence-electron chi connectivity index (χ0n) is 14.8. The van der Waals surface area contributed by atoms with Crippen LogP contribution in [0.4, 0.5) is 0 Å². The summed E-state index contributed by atoms with van der Waals surface area (Å²) in [5, 5.41) is 0. The van der Waals surface area contributed by atoms with Gasteiger partial charge in [0.25, 0.3) is 11.5 Å².